The van der Waals surface area contributed by atoms with Crippen LogP contribution in [0.15, 0.2) is 6.20 Å². The zero-order valence-corrected chi connectivity index (χ0v) is 6.18. The molecule has 1 unspecified atom stereocenters. The molecular formula is C5H8ClN3O. The van der Waals surface area contributed by atoms with E-state index >= 15 is 0 Å². The summed E-state index contributed by atoms with van der Waals surface area (Å²) in [7, 11) is 0. The Kier molecular flexibility index (Phi) is 2.13. The van der Waals surface area contributed by atoms with Crippen molar-refractivity contribution in [1.29, 1.82) is 0 Å². The van der Waals surface area contributed by atoms with Crippen molar-refractivity contribution in [2.75, 3.05) is 5.32 Å². The number of aromatic amines is 1. The third-order valence-electron chi connectivity index (χ3n) is 0.957. The first-order valence-electron chi connectivity index (χ1n) is 2.83. The number of nitrogens with one attached hydrogen (secondary N) is 2. The highest BCUT2D eigenvalue weighted by atomic mass is 35.5. The number of H-pyrrole nitrogens is 1. The molecule has 4 nitrogen and oxygen atoms in total. The molecule has 0 aliphatic heterocycles. The fourth-order valence-electron chi connectivity index (χ4n) is 0.596. The lowest BCUT2D eigenvalue weighted by Crippen LogP contribution is -2.12. The van der Waals surface area contributed by atoms with Crippen LogP contribution in [-0.2, 0) is 0 Å². The maximum Gasteiger partial charge on any atom is 0.147 e. The first-order valence-corrected chi connectivity index (χ1v) is 3.21. The molecule has 56 valence electrons. The molecule has 0 radical (unpaired) electrons. The van der Waals surface area contributed by atoms with Crippen LogP contribution < -0.4 is 5.32 Å². The summed E-state index contributed by atoms with van der Waals surface area (Å²) in [6.07, 6.45) is 0.893. The van der Waals surface area contributed by atoms with E-state index in [0.717, 1.165) is 0 Å². The Morgan fingerprint density at radius 3 is 3.00 bits per heavy atom. The summed E-state index contributed by atoms with van der Waals surface area (Å²) in [4.78, 5) is 0. The second-order valence-corrected chi connectivity index (χ2v) is 2.30. The Bertz CT molecular complexity index is 210. The number of hydrogen-bond donors (Lipinski definition) is 3. The number of halogens is 1. The molecule has 10 heavy (non-hydrogen) atoms. The van der Waals surface area contributed by atoms with E-state index in [2.05, 4.69) is 15.5 Å². The smallest absolute Gasteiger partial charge is 0.147 e. The molecule has 0 aromatic carbocycles. The number of hydrogen-bond acceptors (Lipinski definition) is 3. The number of anilines is 1. The molecule has 1 rings (SSSR count). The Morgan fingerprint density at radius 2 is 2.60 bits per heavy atom. The van der Waals surface area contributed by atoms with Gasteiger partial charge in [0.1, 0.15) is 11.4 Å². The van der Waals surface area contributed by atoms with E-state index in [-0.39, 0.29) is 0 Å². The summed E-state index contributed by atoms with van der Waals surface area (Å²) in [5.74, 6) is 0. The monoisotopic (exact) mass is 161 g/mol. The molecule has 1 atom stereocenters. The van der Waals surface area contributed by atoms with E-state index in [0.29, 0.717) is 10.8 Å². The molecule has 3 N–H and O–H groups in total. The summed E-state index contributed by atoms with van der Waals surface area (Å²) >= 11 is 5.59. The van der Waals surface area contributed by atoms with Gasteiger partial charge in [-0.1, -0.05) is 11.6 Å². The van der Waals surface area contributed by atoms with Crippen LogP contribution >= 0.6 is 11.6 Å². The first kappa shape index (κ1) is 7.37. The molecule has 0 bridgehead atoms. The van der Waals surface area contributed by atoms with Gasteiger partial charge in [-0.2, -0.15) is 5.10 Å². The lowest BCUT2D eigenvalue weighted by Gasteiger charge is -2.05. The van der Waals surface area contributed by atoms with Gasteiger partial charge in [0.05, 0.1) is 11.9 Å². The minimum absolute atomic E-state index is 0.404. The minimum Gasteiger partial charge on any atom is -0.374 e. The first-order chi connectivity index (χ1) is 4.70. The molecule has 0 saturated carbocycles. The molecular weight excluding hydrogens is 154 g/mol. The Balaban J connectivity index is 2.65. The van der Waals surface area contributed by atoms with Crippen molar-refractivity contribution in [3.63, 3.8) is 0 Å². The average molecular weight is 162 g/mol. The van der Waals surface area contributed by atoms with Gasteiger partial charge >= 0.3 is 0 Å². The van der Waals surface area contributed by atoms with Gasteiger partial charge in [0.2, 0.25) is 0 Å². The molecule has 0 saturated heterocycles. The van der Waals surface area contributed by atoms with E-state index in [1.807, 2.05) is 0 Å². The number of nitrogens with zero attached hydrogens (tertiary/aromatic N) is 1. The largest absolute Gasteiger partial charge is 0.374 e. The van der Waals surface area contributed by atoms with Crippen LogP contribution in [0.2, 0.25) is 5.15 Å². The fourth-order valence-corrected chi connectivity index (χ4v) is 0.748. The third kappa shape index (κ3) is 1.62. The lowest BCUT2D eigenvalue weighted by molar-refractivity contribution is 0.224. The van der Waals surface area contributed by atoms with E-state index in [1.165, 1.54) is 6.20 Å². The minimum atomic E-state index is -0.616. The maximum atomic E-state index is 8.84. The van der Waals surface area contributed by atoms with E-state index in [9.17, 15) is 0 Å². The standard InChI is InChI=1S/C5H8ClN3O/c1-3(10)8-4-2-7-9-5(4)6/h2-3,8,10H,1H3,(H,7,9). The predicted octanol–water partition coefficient (Wildman–Crippen LogP) is 0.813. The Morgan fingerprint density at radius 1 is 1.90 bits per heavy atom. The molecule has 0 spiro atoms. The number of aliphatic hydroxyl groups excluding tert-OH is 1. The zero-order chi connectivity index (χ0) is 7.56. The molecule has 1 heterocycles. The number of rotatable bonds is 2. The highest BCUT2D eigenvalue weighted by Gasteiger charge is 2.02. The van der Waals surface area contributed by atoms with Gasteiger partial charge in [-0.15, -0.1) is 0 Å². The van der Waals surface area contributed by atoms with Crippen LogP contribution in [0, 0.1) is 0 Å². The van der Waals surface area contributed by atoms with E-state index < -0.39 is 6.23 Å². The van der Waals surface area contributed by atoms with E-state index in [1.54, 1.807) is 6.92 Å². The average Bonchev–Trinajstić information content (AvgIpc) is 2.15. The SMILES string of the molecule is CC(O)Nc1cn[nH]c1Cl. The van der Waals surface area contributed by atoms with Gasteiger partial charge < -0.3 is 10.4 Å². The molecule has 0 amide bonds. The van der Waals surface area contributed by atoms with Gasteiger partial charge in [-0.25, -0.2) is 0 Å². The topological polar surface area (TPSA) is 60.9 Å². The van der Waals surface area contributed by atoms with Crippen molar-refractivity contribution in [3.8, 4) is 0 Å². The summed E-state index contributed by atoms with van der Waals surface area (Å²) in [6.45, 7) is 1.60. The molecule has 5 heteroatoms. The van der Waals surface area contributed by atoms with Crippen LogP contribution in [0.1, 0.15) is 6.92 Å². The molecule has 1 aromatic heterocycles. The van der Waals surface area contributed by atoms with Crippen LogP contribution in [0.25, 0.3) is 0 Å². The van der Waals surface area contributed by atoms with Crippen molar-refractivity contribution in [3.05, 3.63) is 11.3 Å². The van der Waals surface area contributed by atoms with Crippen LogP contribution in [0.3, 0.4) is 0 Å². The molecule has 0 fully saturated rings. The van der Waals surface area contributed by atoms with Gasteiger partial charge in [-0.05, 0) is 6.92 Å². The molecule has 1 aromatic rings. The number of aromatic nitrogens is 2. The van der Waals surface area contributed by atoms with Crippen molar-refractivity contribution >= 4 is 17.3 Å². The summed E-state index contributed by atoms with van der Waals surface area (Å²) < 4.78 is 0. The maximum absolute atomic E-state index is 8.84. The van der Waals surface area contributed by atoms with Crippen molar-refractivity contribution in [2.45, 2.75) is 13.2 Å². The van der Waals surface area contributed by atoms with Crippen molar-refractivity contribution < 1.29 is 5.11 Å². The Labute approximate surface area is 63.2 Å². The van der Waals surface area contributed by atoms with Crippen LogP contribution in [0.4, 0.5) is 5.69 Å². The quantitative estimate of drug-likeness (QED) is 0.563. The van der Waals surface area contributed by atoms with Crippen LogP contribution in [-0.4, -0.2) is 21.5 Å². The number of aliphatic hydroxyl groups is 1. The predicted molar refractivity (Wildman–Crippen MR) is 38.9 cm³/mol. The highest BCUT2D eigenvalue weighted by Crippen LogP contribution is 2.16. The second-order valence-electron chi connectivity index (χ2n) is 1.92. The lowest BCUT2D eigenvalue weighted by atomic mass is 10.5. The van der Waals surface area contributed by atoms with E-state index in [4.69, 9.17) is 16.7 Å². The van der Waals surface area contributed by atoms with Crippen molar-refractivity contribution in [1.82, 2.24) is 10.2 Å². The molecule has 0 aliphatic carbocycles. The summed E-state index contributed by atoms with van der Waals surface area (Å²) in [5, 5.41) is 18.1. The second kappa shape index (κ2) is 2.90. The van der Waals surface area contributed by atoms with Crippen molar-refractivity contribution in [2.24, 2.45) is 0 Å². The normalized spacial score (nSPS) is 13.1. The van der Waals surface area contributed by atoms with Gasteiger partial charge in [0, 0.05) is 0 Å². The van der Waals surface area contributed by atoms with Crippen LogP contribution in [0.5, 0.6) is 0 Å². The Hall–Kier alpha value is -0.740. The van der Waals surface area contributed by atoms with Gasteiger partial charge in [0.25, 0.3) is 0 Å². The zero-order valence-electron chi connectivity index (χ0n) is 5.43. The summed E-state index contributed by atoms with van der Waals surface area (Å²) in [6, 6.07) is 0. The van der Waals surface area contributed by atoms with Gasteiger partial charge in [-0.3, -0.25) is 5.10 Å². The third-order valence-corrected chi connectivity index (χ3v) is 1.25. The summed E-state index contributed by atoms with van der Waals surface area (Å²) in [5.41, 5.74) is 0.608. The highest BCUT2D eigenvalue weighted by molar-refractivity contribution is 6.31. The fraction of sp³-hybridized carbons (Fsp3) is 0.400. The van der Waals surface area contributed by atoms with Gasteiger partial charge in [0.15, 0.2) is 0 Å². The molecule has 0 aliphatic rings.